The van der Waals surface area contributed by atoms with Gasteiger partial charge >= 0.3 is 0 Å². The lowest BCUT2D eigenvalue weighted by Crippen LogP contribution is -2.43. The Bertz CT molecular complexity index is 781. The van der Waals surface area contributed by atoms with Gasteiger partial charge in [0.1, 0.15) is 0 Å². The molecule has 0 saturated heterocycles. The number of para-hydroxylation sites is 2. The van der Waals surface area contributed by atoms with Crippen molar-refractivity contribution in [2.75, 3.05) is 23.3 Å². The molecule has 26 heavy (non-hydrogen) atoms. The summed E-state index contributed by atoms with van der Waals surface area (Å²) in [6, 6.07) is 19.1. The lowest BCUT2D eigenvalue weighted by Gasteiger charge is -2.30. The second-order valence-electron chi connectivity index (χ2n) is 7.10. The number of hydrogen-bond donors (Lipinski definition) is 1. The van der Waals surface area contributed by atoms with Crippen molar-refractivity contribution >= 4 is 28.7 Å². The molecule has 0 spiro atoms. The van der Waals surface area contributed by atoms with E-state index in [9.17, 15) is 0 Å². The van der Waals surface area contributed by atoms with Crippen LogP contribution in [0.15, 0.2) is 66.2 Å². The highest BCUT2D eigenvalue weighted by atomic mass is 32.1. The van der Waals surface area contributed by atoms with Gasteiger partial charge in [-0.05, 0) is 56.8 Å². The highest BCUT2D eigenvalue weighted by Gasteiger charge is 2.26. The second kappa shape index (κ2) is 8.47. The molecule has 1 atom stereocenters. The molecule has 1 heterocycles. The van der Waals surface area contributed by atoms with E-state index in [0.717, 1.165) is 30.4 Å². The normalized spacial score (nSPS) is 17.2. The minimum atomic E-state index is 0.397. The maximum atomic E-state index is 5.77. The zero-order valence-electron chi connectivity index (χ0n) is 15.8. The largest absolute Gasteiger partial charge is 0.332 e. The summed E-state index contributed by atoms with van der Waals surface area (Å²) in [5, 5.41) is 4.14. The molecule has 2 aromatic carbocycles. The van der Waals surface area contributed by atoms with Gasteiger partial charge in [0.15, 0.2) is 5.11 Å². The summed E-state index contributed by atoms with van der Waals surface area (Å²) in [5.74, 6) is 0. The average molecular weight is 366 g/mol. The predicted octanol–water partition coefficient (Wildman–Crippen LogP) is 5.06. The van der Waals surface area contributed by atoms with Gasteiger partial charge in [-0.15, -0.1) is 0 Å². The number of nitrogens with zero attached hydrogens (tertiary/aromatic N) is 2. The first kappa shape index (κ1) is 18.6. The van der Waals surface area contributed by atoms with E-state index in [-0.39, 0.29) is 0 Å². The van der Waals surface area contributed by atoms with Crippen molar-refractivity contribution in [1.29, 1.82) is 0 Å². The Kier molecular flexibility index (Phi) is 6.07. The van der Waals surface area contributed by atoms with Crippen molar-refractivity contribution < 1.29 is 0 Å². The van der Waals surface area contributed by atoms with Crippen LogP contribution in [0.3, 0.4) is 0 Å². The number of nitrogens with one attached hydrogen (secondary N) is 1. The Morgan fingerprint density at radius 2 is 1.81 bits per heavy atom. The number of allylic oxidation sites excluding steroid dienone is 1. The molecule has 0 radical (unpaired) electrons. The predicted molar refractivity (Wildman–Crippen MR) is 116 cm³/mol. The van der Waals surface area contributed by atoms with E-state index in [1.807, 2.05) is 30.3 Å². The van der Waals surface area contributed by atoms with Gasteiger partial charge in [-0.25, -0.2) is 0 Å². The van der Waals surface area contributed by atoms with Crippen LogP contribution in [-0.2, 0) is 6.54 Å². The molecule has 1 aliphatic rings. The van der Waals surface area contributed by atoms with Gasteiger partial charge in [0, 0.05) is 37.1 Å². The Labute approximate surface area is 162 Å². The van der Waals surface area contributed by atoms with E-state index in [2.05, 4.69) is 66.2 Å². The van der Waals surface area contributed by atoms with E-state index in [0.29, 0.717) is 6.04 Å². The average Bonchev–Trinajstić information content (AvgIpc) is 2.77. The van der Waals surface area contributed by atoms with Crippen LogP contribution < -0.4 is 10.2 Å². The second-order valence-corrected chi connectivity index (χ2v) is 7.48. The molecular formula is C22H27N3S. The van der Waals surface area contributed by atoms with Crippen molar-refractivity contribution in [3.8, 4) is 0 Å². The molecule has 4 heteroatoms. The number of hydrogen-bond acceptors (Lipinski definition) is 2. The topological polar surface area (TPSA) is 18.5 Å². The van der Waals surface area contributed by atoms with E-state index < -0.39 is 0 Å². The van der Waals surface area contributed by atoms with Crippen molar-refractivity contribution in [3.05, 3.63) is 71.8 Å². The molecule has 0 amide bonds. The quantitative estimate of drug-likeness (QED) is 0.605. The van der Waals surface area contributed by atoms with Gasteiger partial charge in [0.25, 0.3) is 0 Å². The molecule has 2 aromatic rings. The standard InChI is InChI=1S/C22H27N3S/c1-17(2)13-14-24-16-19-9-7-8-12-21(19)25(15-18(24)3)22(26)23-20-10-5-4-6-11-20/h4-13,18H,14-16H2,1-3H3,(H,23,26)/t18-/m0/s1. The van der Waals surface area contributed by atoms with Crippen LogP contribution in [0.2, 0.25) is 0 Å². The lowest BCUT2D eigenvalue weighted by atomic mass is 10.1. The number of rotatable bonds is 3. The Hall–Kier alpha value is -2.17. The van der Waals surface area contributed by atoms with Crippen molar-refractivity contribution in [2.45, 2.75) is 33.4 Å². The van der Waals surface area contributed by atoms with Crippen LogP contribution in [0.25, 0.3) is 0 Å². The molecule has 3 nitrogen and oxygen atoms in total. The first-order valence-corrected chi connectivity index (χ1v) is 9.54. The SMILES string of the molecule is CC(C)=CCN1Cc2ccccc2N(C(=S)Nc2ccccc2)C[C@@H]1C. The van der Waals surface area contributed by atoms with Crippen molar-refractivity contribution in [1.82, 2.24) is 4.90 Å². The molecule has 0 unspecified atom stereocenters. The minimum absolute atomic E-state index is 0.397. The fraction of sp³-hybridized carbons (Fsp3) is 0.318. The minimum Gasteiger partial charge on any atom is -0.332 e. The Morgan fingerprint density at radius 1 is 1.12 bits per heavy atom. The Morgan fingerprint density at radius 3 is 2.54 bits per heavy atom. The summed E-state index contributed by atoms with van der Waals surface area (Å²) in [7, 11) is 0. The zero-order valence-corrected chi connectivity index (χ0v) is 16.6. The van der Waals surface area contributed by atoms with Crippen LogP contribution in [0.4, 0.5) is 11.4 Å². The van der Waals surface area contributed by atoms with Gasteiger partial charge in [-0.3, -0.25) is 4.90 Å². The number of fused-ring (bicyclic) bond motifs is 1. The van der Waals surface area contributed by atoms with E-state index in [1.54, 1.807) is 0 Å². The molecule has 0 saturated carbocycles. The van der Waals surface area contributed by atoms with Crippen LogP contribution in [0, 0.1) is 0 Å². The molecule has 0 aromatic heterocycles. The number of anilines is 2. The van der Waals surface area contributed by atoms with Crippen molar-refractivity contribution in [3.63, 3.8) is 0 Å². The van der Waals surface area contributed by atoms with E-state index >= 15 is 0 Å². The summed E-state index contributed by atoms with van der Waals surface area (Å²) >= 11 is 5.77. The van der Waals surface area contributed by atoms with Gasteiger partial charge in [-0.1, -0.05) is 48.0 Å². The fourth-order valence-electron chi connectivity index (χ4n) is 3.21. The van der Waals surface area contributed by atoms with Crippen LogP contribution in [0.1, 0.15) is 26.3 Å². The summed E-state index contributed by atoms with van der Waals surface area (Å²) < 4.78 is 0. The van der Waals surface area contributed by atoms with Gasteiger partial charge in [0.2, 0.25) is 0 Å². The van der Waals surface area contributed by atoms with Gasteiger partial charge in [0.05, 0.1) is 0 Å². The highest BCUT2D eigenvalue weighted by molar-refractivity contribution is 7.80. The van der Waals surface area contributed by atoms with Crippen LogP contribution >= 0.6 is 12.2 Å². The summed E-state index contributed by atoms with van der Waals surface area (Å²) in [6.45, 7) is 9.36. The van der Waals surface area contributed by atoms with Crippen LogP contribution in [-0.4, -0.2) is 29.1 Å². The smallest absolute Gasteiger partial charge is 0.178 e. The maximum absolute atomic E-state index is 5.77. The van der Waals surface area contributed by atoms with E-state index in [1.165, 1.54) is 16.8 Å². The van der Waals surface area contributed by atoms with Crippen molar-refractivity contribution in [2.24, 2.45) is 0 Å². The summed E-state index contributed by atoms with van der Waals surface area (Å²) in [6.07, 6.45) is 2.30. The molecular weight excluding hydrogens is 338 g/mol. The molecule has 1 N–H and O–H groups in total. The molecule has 136 valence electrons. The first-order chi connectivity index (χ1) is 12.5. The fourth-order valence-corrected chi connectivity index (χ4v) is 3.50. The number of thiocarbonyl (C=S) groups is 1. The van der Waals surface area contributed by atoms with Crippen LogP contribution in [0.5, 0.6) is 0 Å². The highest BCUT2D eigenvalue weighted by Crippen LogP contribution is 2.28. The van der Waals surface area contributed by atoms with Gasteiger partial charge in [-0.2, -0.15) is 0 Å². The summed E-state index contributed by atoms with van der Waals surface area (Å²) in [5.41, 5.74) is 4.89. The zero-order chi connectivity index (χ0) is 18.5. The first-order valence-electron chi connectivity index (χ1n) is 9.13. The summed E-state index contributed by atoms with van der Waals surface area (Å²) in [4.78, 5) is 4.75. The molecule has 0 bridgehead atoms. The number of benzene rings is 2. The Balaban J connectivity index is 1.86. The maximum Gasteiger partial charge on any atom is 0.178 e. The van der Waals surface area contributed by atoms with E-state index in [4.69, 9.17) is 12.2 Å². The van der Waals surface area contributed by atoms with Gasteiger partial charge < -0.3 is 10.2 Å². The monoisotopic (exact) mass is 365 g/mol. The molecule has 0 fully saturated rings. The third kappa shape index (κ3) is 4.51. The third-order valence-electron chi connectivity index (χ3n) is 4.73. The molecule has 3 rings (SSSR count). The molecule has 1 aliphatic heterocycles. The lowest BCUT2D eigenvalue weighted by molar-refractivity contribution is 0.233. The molecule has 0 aliphatic carbocycles. The third-order valence-corrected chi connectivity index (χ3v) is 5.05.